The van der Waals surface area contributed by atoms with Gasteiger partial charge in [0.25, 0.3) is 0 Å². The number of β-lactam (4-membered cyclic amide) rings is 1. The van der Waals surface area contributed by atoms with Crippen LogP contribution in [0.1, 0.15) is 40.0 Å². The third-order valence-electron chi connectivity index (χ3n) is 1.43. The summed E-state index contributed by atoms with van der Waals surface area (Å²) >= 11 is 0. The van der Waals surface area contributed by atoms with Crippen molar-refractivity contribution in [1.82, 2.24) is 5.32 Å². The number of carbonyl (C=O) groups excluding carboxylic acids is 1. The molecule has 1 amide bonds. The molecule has 3 nitrogen and oxygen atoms in total. The molecular weight excluding hydrogens is 152 g/mol. The van der Waals surface area contributed by atoms with E-state index in [9.17, 15) is 4.79 Å². The molecule has 0 spiro atoms. The van der Waals surface area contributed by atoms with Gasteiger partial charge in [-0.05, 0) is 12.5 Å². The zero-order valence-corrected chi connectivity index (χ0v) is 8.26. The van der Waals surface area contributed by atoms with Gasteiger partial charge in [-0.3, -0.25) is 4.79 Å². The van der Waals surface area contributed by atoms with Gasteiger partial charge < -0.3 is 11.1 Å². The molecule has 0 radical (unpaired) electrons. The van der Waals surface area contributed by atoms with E-state index in [0.29, 0.717) is 12.1 Å². The molecule has 72 valence electrons. The van der Waals surface area contributed by atoms with E-state index in [1.54, 1.807) is 0 Å². The lowest BCUT2D eigenvalue weighted by atomic mass is 10.0. The van der Waals surface area contributed by atoms with E-state index in [4.69, 9.17) is 5.73 Å². The van der Waals surface area contributed by atoms with E-state index in [1.807, 2.05) is 13.8 Å². The fourth-order valence-corrected chi connectivity index (χ4v) is 0.953. The monoisotopic (exact) mass is 172 g/mol. The Morgan fingerprint density at radius 2 is 2.08 bits per heavy atom. The van der Waals surface area contributed by atoms with Gasteiger partial charge in [0.2, 0.25) is 5.91 Å². The zero-order valence-electron chi connectivity index (χ0n) is 8.26. The molecule has 3 N–H and O–H groups in total. The molecule has 1 saturated heterocycles. The van der Waals surface area contributed by atoms with Crippen molar-refractivity contribution in [3.63, 3.8) is 0 Å². The van der Waals surface area contributed by atoms with Crippen LogP contribution in [0.2, 0.25) is 0 Å². The zero-order chi connectivity index (χ0) is 9.56. The third-order valence-corrected chi connectivity index (χ3v) is 1.43. The maximum atomic E-state index is 10.3. The molecule has 12 heavy (non-hydrogen) atoms. The summed E-state index contributed by atoms with van der Waals surface area (Å²) < 4.78 is 0. The van der Waals surface area contributed by atoms with Crippen LogP contribution in [0.5, 0.6) is 0 Å². The second-order valence-corrected chi connectivity index (χ2v) is 3.50. The van der Waals surface area contributed by atoms with Crippen LogP contribution in [0.3, 0.4) is 0 Å². The van der Waals surface area contributed by atoms with Crippen LogP contribution in [-0.2, 0) is 4.79 Å². The summed E-state index contributed by atoms with van der Waals surface area (Å²) in [6.45, 7) is 6.02. The average Bonchev–Trinajstić information content (AvgIpc) is 1.83. The summed E-state index contributed by atoms with van der Waals surface area (Å²) in [5.74, 6) is 0.212. The Morgan fingerprint density at radius 1 is 1.67 bits per heavy atom. The van der Waals surface area contributed by atoms with Gasteiger partial charge >= 0.3 is 0 Å². The van der Waals surface area contributed by atoms with Gasteiger partial charge in [-0.25, -0.2) is 0 Å². The van der Waals surface area contributed by atoms with Gasteiger partial charge in [-0.2, -0.15) is 0 Å². The van der Waals surface area contributed by atoms with E-state index in [-0.39, 0.29) is 5.91 Å². The molecular formula is C9H20N2O. The Hall–Kier alpha value is -0.570. The van der Waals surface area contributed by atoms with Gasteiger partial charge in [-0.15, -0.1) is 0 Å². The van der Waals surface area contributed by atoms with Gasteiger partial charge in [0.15, 0.2) is 0 Å². The molecule has 0 aromatic carbocycles. The van der Waals surface area contributed by atoms with Crippen LogP contribution in [0.15, 0.2) is 0 Å². The van der Waals surface area contributed by atoms with Gasteiger partial charge in [0, 0.05) is 12.5 Å². The first-order valence-corrected chi connectivity index (χ1v) is 4.61. The highest BCUT2D eigenvalue weighted by Gasteiger charge is 2.23. The third kappa shape index (κ3) is 6.16. The van der Waals surface area contributed by atoms with E-state index < -0.39 is 0 Å². The lowest BCUT2D eigenvalue weighted by molar-refractivity contribution is -0.128. The van der Waals surface area contributed by atoms with Crippen molar-refractivity contribution >= 4 is 5.91 Å². The first-order valence-electron chi connectivity index (χ1n) is 4.61. The number of nitrogens with two attached hydrogens (primary N) is 1. The summed E-state index contributed by atoms with van der Waals surface area (Å²) in [5, 5.41) is 2.80. The smallest absolute Gasteiger partial charge is 0.222 e. The molecule has 0 aromatic heterocycles. The molecule has 1 aliphatic heterocycles. The molecule has 0 saturated carbocycles. The minimum atomic E-state index is 0.212. The SMILES string of the molecule is CC(C)N.CCCC1CC(=O)N1. The molecule has 1 aliphatic rings. The molecule has 0 bridgehead atoms. The number of nitrogens with one attached hydrogen (secondary N) is 1. The van der Waals surface area contributed by atoms with Crippen LogP contribution in [0.25, 0.3) is 0 Å². The van der Waals surface area contributed by atoms with Crippen LogP contribution >= 0.6 is 0 Å². The highest BCUT2D eigenvalue weighted by Crippen LogP contribution is 2.09. The second kappa shape index (κ2) is 6.00. The maximum absolute atomic E-state index is 10.3. The van der Waals surface area contributed by atoms with Crippen molar-refractivity contribution in [2.45, 2.75) is 52.1 Å². The molecule has 1 unspecified atom stereocenters. The molecule has 1 heterocycles. The fourth-order valence-electron chi connectivity index (χ4n) is 0.953. The number of carbonyl (C=O) groups is 1. The Morgan fingerprint density at radius 3 is 2.33 bits per heavy atom. The van der Waals surface area contributed by atoms with E-state index in [1.165, 1.54) is 6.42 Å². The highest BCUT2D eigenvalue weighted by molar-refractivity contribution is 5.82. The average molecular weight is 172 g/mol. The van der Waals surface area contributed by atoms with Gasteiger partial charge in [0.05, 0.1) is 0 Å². The predicted molar refractivity (Wildman–Crippen MR) is 50.8 cm³/mol. The Labute approximate surface area is 74.7 Å². The van der Waals surface area contributed by atoms with Crippen LogP contribution in [0, 0.1) is 0 Å². The van der Waals surface area contributed by atoms with Crippen LogP contribution in [-0.4, -0.2) is 18.0 Å². The minimum Gasteiger partial charge on any atom is -0.353 e. The normalized spacial score (nSPS) is 20.8. The van der Waals surface area contributed by atoms with Gasteiger partial charge in [-0.1, -0.05) is 27.2 Å². The van der Waals surface area contributed by atoms with Crippen molar-refractivity contribution in [2.24, 2.45) is 5.73 Å². The summed E-state index contributed by atoms with van der Waals surface area (Å²) in [5.41, 5.74) is 5.11. The molecule has 1 fully saturated rings. The summed E-state index contributed by atoms with van der Waals surface area (Å²) in [6, 6.07) is 0.840. The van der Waals surface area contributed by atoms with E-state index in [2.05, 4.69) is 12.2 Å². The van der Waals surface area contributed by atoms with Crippen molar-refractivity contribution in [3.05, 3.63) is 0 Å². The second-order valence-electron chi connectivity index (χ2n) is 3.50. The van der Waals surface area contributed by atoms with Crippen molar-refractivity contribution in [2.75, 3.05) is 0 Å². The molecule has 0 aromatic rings. The fraction of sp³-hybridized carbons (Fsp3) is 0.889. The molecule has 3 heteroatoms. The summed E-state index contributed by atoms with van der Waals surface area (Å²) in [6.07, 6.45) is 3.07. The summed E-state index contributed by atoms with van der Waals surface area (Å²) in [4.78, 5) is 10.3. The van der Waals surface area contributed by atoms with Crippen molar-refractivity contribution in [3.8, 4) is 0 Å². The Balaban J connectivity index is 0.000000261. The minimum absolute atomic E-state index is 0.212. The largest absolute Gasteiger partial charge is 0.353 e. The molecule has 1 atom stereocenters. The lowest BCUT2D eigenvalue weighted by Crippen LogP contribution is -2.48. The van der Waals surface area contributed by atoms with Crippen molar-refractivity contribution < 1.29 is 4.79 Å². The number of hydrogen-bond donors (Lipinski definition) is 2. The lowest BCUT2D eigenvalue weighted by Gasteiger charge is -2.25. The highest BCUT2D eigenvalue weighted by atomic mass is 16.2. The summed E-state index contributed by atoms with van der Waals surface area (Å²) in [7, 11) is 0. The first kappa shape index (κ1) is 11.4. The van der Waals surface area contributed by atoms with Crippen LogP contribution in [0.4, 0.5) is 0 Å². The topological polar surface area (TPSA) is 55.1 Å². The molecule has 1 rings (SSSR count). The molecule has 0 aliphatic carbocycles. The maximum Gasteiger partial charge on any atom is 0.222 e. The standard InChI is InChI=1S/C6H11NO.C3H9N/c1-2-3-5-4-6(8)7-5;1-3(2)4/h5H,2-4H2,1H3,(H,7,8);3H,4H2,1-2H3. The van der Waals surface area contributed by atoms with Crippen molar-refractivity contribution in [1.29, 1.82) is 0 Å². The van der Waals surface area contributed by atoms with E-state index >= 15 is 0 Å². The van der Waals surface area contributed by atoms with E-state index in [0.717, 1.165) is 12.8 Å². The first-order chi connectivity index (χ1) is 5.56. The predicted octanol–water partition coefficient (Wildman–Crippen LogP) is 1.03. The number of hydrogen-bond acceptors (Lipinski definition) is 2. The quantitative estimate of drug-likeness (QED) is 0.611. The Kier molecular flexibility index (Phi) is 5.72. The van der Waals surface area contributed by atoms with Gasteiger partial charge in [0.1, 0.15) is 0 Å². The number of amides is 1. The number of rotatable bonds is 2. The Bertz CT molecular complexity index is 124. The van der Waals surface area contributed by atoms with Crippen LogP contribution < -0.4 is 11.1 Å².